The third kappa shape index (κ3) is 2.78. The molecule has 0 saturated heterocycles. The number of fused-ring (bicyclic) bond motifs is 3. The lowest BCUT2D eigenvalue weighted by atomic mass is 10.2. The van der Waals surface area contributed by atoms with E-state index in [1.807, 2.05) is 35.9 Å². The Morgan fingerprint density at radius 1 is 1.18 bits per heavy atom. The van der Waals surface area contributed by atoms with E-state index in [-0.39, 0.29) is 11.6 Å². The molecule has 2 aromatic carbocycles. The van der Waals surface area contributed by atoms with E-state index in [9.17, 15) is 14.9 Å². The molecule has 4 aromatic rings. The smallest absolute Gasteiger partial charge is 0.290 e. The van der Waals surface area contributed by atoms with E-state index in [0.29, 0.717) is 22.7 Å². The lowest BCUT2D eigenvalue weighted by Gasteiger charge is -2.01. The predicted octanol–water partition coefficient (Wildman–Crippen LogP) is 2.81. The van der Waals surface area contributed by atoms with Gasteiger partial charge < -0.3 is 4.57 Å². The van der Waals surface area contributed by atoms with Crippen molar-refractivity contribution in [2.75, 3.05) is 0 Å². The lowest BCUT2D eigenvalue weighted by Crippen LogP contribution is -2.20. The van der Waals surface area contributed by atoms with E-state index in [4.69, 9.17) is 0 Å². The number of hydrogen-bond acceptors (Lipinski definition) is 5. The zero-order valence-electron chi connectivity index (χ0n) is 15.2. The van der Waals surface area contributed by atoms with Gasteiger partial charge in [0.2, 0.25) is 5.78 Å². The Balaban J connectivity index is 1.63. The van der Waals surface area contributed by atoms with Crippen molar-refractivity contribution >= 4 is 34.6 Å². The van der Waals surface area contributed by atoms with Crippen LogP contribution in [0.25, 0.3) is 16.8 Å². The molecule has 9 nitrogen and oxygen atoms in total. The van der Waals surface area contributed by atoms with Crippen LogP contribution in [0.3, 0.4) is 0 Å². The normalized spacial score (nSPS) is 11.5. The number of non-ortho nitro benzene ring substituents is 1. The second-order valence-electron chi connectivity index (χ2n) is 6.28. The number of nitro benzene ring substituents is 1. The first-order valence-electron chi connectivity index (χ1n) is 8.47. The monoisotopic (exact) mass is 376 g/mol. The molecule has 28 heavy (non-hydrogen) atoms. The van der Waals surface area contributed by atoms with Crippen molar-refractivity contribution in [3.05, 3.63) is 75.6 Å². The second-order valence-corrected chi connectivity index (χ2v) is 6.28. The molecule has 2 aromatic heterocycles. The summed E-state index contributed by atoms with van der Waals surface area (Å²) >= 11 is 0. The number of hydrazone groups is 1. The van der Waals surface area contributed by atoms with Crippen LogP contribution in [0.1, 0.15) is 21.7 Å². The highest BCUT2D eigenvalue weighted by Gasteiger charge is 2.21. The van der Waals surface area contributed by atoms with Gasteiger partial charge in [0.15, 0.2) is 0 Å². The molecular formula is C19H16N6O3. The van der Waals surface area contributed by atoms with Crippen LogP contribution in [0.5, 0.6) is 0 Å². The molecule has 0 aliphatic carbocycles. The van der Waals surface area contributed by atoms with E-state index in [0.717, 1.165) is 11.0 Å². The van der Waals surface area contributed by atoms with E-state index in [1.165, 1.54) is 18.3 Å². The Morgan fingerprint density at radius 3 is 2.54 bits per heavy atom. The van der Waals surface area contributed by atoms with Gasteiger partial charge in [-0.1, -0.05) is 12.1 Å². The molecule has 1 amide bonds. The molecule has 9 heteroatoms. The summed E-state index contributed by atoms with van der Waals surface area (Å²) in [6, 6.07) is 13.6. The first kappa shape index (κ1) is 17.4. The molecular weight excluding hydrogens is 360 g/mol. The minimum Gasteiger partial charge on any atom is -0.313 e. The van der Waals surface area contributed by atoms with Gasteiger partial charge in [0.05, 0.1) is 27.9 Å². The van der Waals surface area contributed by atoms with Crippen LogP contribution in [0, 0.1) is 17.0 Å². The van der Waals surface area contributed by atoms with E-state index in [2.05, 4.69) is 15.5 Å². The average molecular weight is 376 g/mol. The largest absolute Gasteiger partial charge is 0.313 e. The van der Waals surface area contributed by atoms with Crippen LogP contribution >= 0.6 is 0 Å². The SMILES string of the molecule is Cc1nc2n(C)c3ccccc3n2c1C(=O)NN=Cc1ccc([N+](=O)[O-])cc1. The fourth-order valence-electron chi connectivity index (χ4n) is 3.18. The third-order valence-electron chi connectivity index (χ3n) is 4.52. The molecule has 0 fully saturated rings. The molecule has 0 spiro atoms. The summed E-state index contributed by atoms with van der Waals surface area (Å²) in [5.41, 5.74) is 5.98. The van der Waals surface area contributed by atoms with Crippen LogP contribution in [0.4, 0.5) is 5.69 Å². The summed E-state index contributed by atoms with van der Waals surface area (Å²) < 4.78 is 3.74. The standard InChI is InChI=1S/C19H16N6O3/c1-12-17(24-16-6-4-3-5-15(16)23(2)19(24)21-12)18(26)22-20-11-13-7-9-14(10-8-13)25(27)28/h3-11H,1-2H3,(H,22,26). The van der Waals surface area contributed by atoms with E-state index < -0.39 is 4.92 Å². The van der Waals surface area contributed by atoms with Crippen LogP contribution in [-0.4, -0.2) is 31.0 Å². The first-order valence-corrected chi connectivity index (χ1v) is 8.47. The molecule has 1 N–H and O–H groups in total. The number of carbonyl (C=O) groups is 1. The minimum absolute atomic E-state index is 0.00517. The van der Waals surface area contributed by atoms with Crippen molar-refractivity contribution in [3.63, 3.8) is 0 Å². The highest BCUT2D eigenvalue weighted by molar-refractivity contribution is 5.97. The van der Waals surface area contributed by atoms with Crippen molar-refractivity contribution in [1.82, 2.24) is 19.4 Å². The molecule has 0 unspecified atom stereocenters. The topological polar surface area (TPSA) is 107 Å². The summed E-state index contributed by atoms with van der Waals surface area (Å²) in [5, 5.41) is 14.7. The Bertz CT molecular complexity index is 1250. The van der Waals surface area contributed by atoms with Crippen molar-refractivity contribution < 1.29 is 9.72 Å². The fraction of sp³-hybridized carbons (Fsp3) is 0.105. The zero-order chi connectivity index (χ0) is 19.8. The average Bonchev–Trinajstić information content (AvgIpc) is 3.16. The van der Waals surface area contributed by atoms with Gasteiger partial charge in [0.1, 0.15) is 5.69 Å². The van der Waals surface area contributed by atoms with Crippen LogP contribution < -0.4 is 5.43 Å². The highest BCUT2D eigenvalue weighted by atomic mass is 16.6. The highest BCUT2D eigenvalue weighted by Crippen LogP contribution is 2.23. The number of nitrogens with zero attached hydrogens (tertiary/aromatic N) is 5. The molecule has 4 rings (SSSR count). The Kier molecular flexibility index (Phi) is 4.11. The summed E-state index contributed by atoms with van der Waals surface area (Å²) in [6.07, 6.45) is 1.43. The summed E-state index contributed by atoms with van der Waals surface area (Å²) in [5.74, 6) is 0.280. The van der Waals surface area contributed by atoms with Crippen molar-refractivity contribution in [2.24, 2.45) is 12.1 Å². The van der Waals surface area contributed by atoms with Gasteiger partial charge in [-0.25, -0.2) is 10.4 Å². The second kappa shape index (κ2) is 6.62. The number of carbonyl (C=O) groups excluding carboxylic acids is 1. The van der Waals surface area contributed by atoms with Gasteiger partial charge in [-0.05, 0) is 36.8 Å². The molecule has 0 aliphatic heterocycles. The van der Waals surface area contributed by atoms with E-state index in [1.54, 1.807) is 23.5 Å². The number of benzene rings is 2. The number of hydrogen-bond donors (Lipinski definition) is 1. The van der Waals surface area contributed by atoms with Crippen LogP contribution in [0.2, 0.25) is 0 Å². The molecule has 140 valence electrons. The quantitative estimate of drug-likeness (QED) is 0.336. The maximum Gasteiger partial charge on any atom is 0.290 e. The number of rotatable bonds is 4. The molecule has 0 aliphatic rings. The van der Waals surface area contributed by atoms with Gasteiger partial charge in [-0.15, -0.1) is 0 Å². The molecule has 0 saturated carbocycles. The lowest BCUT2D eigenvalue weighted by molar-refractivity contribution is -0.384. The third-order valence-corrected chi connectivity index (χ3v) is 4.52. The van der Waals surface area contributed by atoms with Crippen molar-refractivity contribution in [2.45, 2.75) is 6.92 Å². The Hall–Kier alpha value is -4.01. The Morgan fingerprint density at radius 2 is 1.86 bits per heavy atom. The molecule has 2 heterocycles. The molecule has 0 atom stereocenters. The van der Waals surface area contributed by atoms with Gasteiger partial charge in [0, 0.05) is 19.2 Å². The maximum atomic E-state index is 12.7. The predicted molar refractivity (Wildman–Crippen MR) is 105 cm³/mol. The Labute approximate surface area is 159 Å². The molecule has 0 radical (unpaired) electrons. The number of amides is 1. The number of imidazole rings is 2. The fourth-order valence-corrected chi connectivity index (χ4v) is 3.18. The van der Waals surface area contributed by atoms with Gasteiger partial charge in [0.25, 0.3) is 11.6 Å². The first-order chi connectivity index (χ1) is 13.5. The van der Waals surface area contributed by atoms with Crippen LogP contribution in [-0.2, 0) is 7.05 Å². The maximum absolute atomic E-state index is 12.7. The van der Waals surface area contributed by atoms with Gasteiger partial charge in [-0.2, -0.15) is 5.10 Å². The van der Waals surface area contributed by atoms with Crippen molar-refractivity contribution in [3.8, 4) is 0 Å². The van der Waals surface area contributed by atoms with Gasteiger partial charge >= 0.3 is 0 Å². The zero-order valence-corrected chi connectivity index (χ0v) is 15.2. The van der Waals surface area contributed by atoms with Crippen molar-refractivity contribution in [1.29, 1.82) is 0 Å². The summed E-state index contributed by atoms with van der Waals surface area (Å²) in [6.45, 7) is 1.77. The number of nitro groups is 1. The minimum atomic E-state index is -0.472. The van der Waals surface area contributed by atoms with Gasteiger partial charge in [-0.3, -0.25) is 19.3 Å². The number of aromatic nitrogens is 3. The summed E-state index contributed by atoms with van der Waals surface area (Å²) in [4.78, 5) is 27.5. The number of para-hydroxylation sites is 2. The molecule has 0 bridgehead atoms. The summed E-state index contributed by atoms with van der Waals surface area (Å²) in [7, 11) is 1.90. The number of aryl methyl sites for hydroxylation is 2. The van der Waals surface area contributed by atoms with Crippen LogP contribution in [0.15, 0.2) is 53.6 Å². The van der Waals surface area contributed by atoms with E-state index >= 15 is 0 Å². The number of nitrogens with one attached hydrogen (secondary N) is 1.